The van der Waals surface area contributed by atoms with E-state index in [-0.39, 0.29) is 18.4 Å². The molecule has 0 radical (unpaired) electrons. The van der Waals surface area contributed by atoms with Gasteiger partial charge in [0.2, 0.25) is 5.91 Å². The van der Waals surface area contributed by atoms with Gasteiger partial charge in [-0.05, 0) is 35.9 Å². The molecule has 0 unspecified atom stereocenters. The highest BCUT2D eigenvalue weighted by Gasteiger charge is 2.25. The van der Waals surface area contributed by atoms with Crippen molar-refractivity contribution in [3.8, 4) is 0 Å². The summed E-state index contributed by atoms with van der Waals surface area (Å²) in [7, 11) is 0. The molecule has 1 aromatic carbocycles. The molecule has 1 saturated heterocycles. The molecule has 2 aromatic rings. The fourth-order valence-electron chi connectivity index (χ4n) is 2.79. The maximum atomic E-state index is 12.7. The molecule has 0 saturated carbocycles. The van der Waals surface area contributed by atoms with Gasteiger partial charge in [-0.2, -0.15) is 0 Å². The first-order valence-corrected chi connectivity index (χ1v) is 7.89. The molecular formula is C16H20N6O2. The van der Waals surface area contributed by atoms with Gasteiger partial charge < -0.3 is 9.80 Å². The van der Waals surface area contributed by atoms with E-state index in [4.69, 9.17) is 0 Å². The van der Waals surface area contributed by atoms with Crippen molar-refractivity contribution in [2.75, 3.05) is 26.2 Å². The summed E-state index contributed by atoms with van der Waals surface area (Å²) in [5.74, 6) is -0.00934. The summed E-state index contributed by atoms with van der Waals surface area (Å²) in [4.78, 5) is 28.5. The van der Waals surface area contributed by atoms with Crippen LogP contribution >= 0.6 is 0 Å². The van der Waals surface area contributed by atoms with Crippen molar-refractivity contribution >= 4 is 11.8 Å². The van der Waals surface area contributed by atoms with E-state index in [1.807, 2.05) is 36.9 Å². The minimum absolute atomic E-state index is 0.0313. The van der Waals surface area contributed by atoms with Crippen LogP contribution in [0.15, 0.2) is 24.5 Å². The number of hydrogen-bond donors (Lipinski definition) is 0. The van der Waals surface area contributed by atoms with E-state index in [1.54, 1.807) is 4.90 Å². The number of tetrazole rings is 1. The second-order valence-electron chi connectivity index (χ2n) is 6.00. The van der Waals surface area contributed by atoms with Crippen LogP contribution in [0.25, 0.3) is 0 Å². The maximum Gasteiger partial charge on any atom is 0.254 e. The van der Waals surface area contributed by atoms with Crippen molar-refractivity contribution in [2.45, 2.75) is 20.4 Å². The third-order valence-corrected chi connectivity index (χ3v) is 4.23. The number of hydrogen-bond acceptors (Lipinski definition) is 5. The predicted octanol–water partition coefficient (Wildman–Crippen LogP) is 0.275. The fraction of sp³-hybridized carbons (Fsp3) is 0.438. The topological polar surface area (TPSA) is 84.2 Å². The summed E-state index contributed by atoms with van der Waals surface area (Å²) < 4.78 is 1.40. The Hall–Kier alpha value is -2.77. The lowest BCUT2D eigenvalue weighted by Crippen LogP contribution is -2.51. The Bertz CT molecular complexity index is 735. The van der Waals surface area contributed by atoms with Gasteiger partial charge in [-0.3, -0.25) is 9.59 Å². The normalized spacial score (nSPS) is 14.8. The number of benzene rings is 1. The molecule has 126 valence electrons. The Kier molecular flexibility index (Phi) is 4.54. The van der Waals surface area contributed by atoms with E-state index >= 15 is 0 Å². The molecule has 1 aliphatic heterocycles. The van der Waals surface area contributed by atoms with Gasteiger partial charge in [0.1, 0.15) is 12.9 Å². The Morgan fingerprint density at radius 1 is 1.08 bits per heavy atom. The largest absolute Gasteiger partial charge is 0.338 e. The number of carbonyl (C=O) groups is 2. The van der Waals surface area contributed by atoms with Crippen molar-refractivity contribution in [1.82, 2.24) is 30.0 Å². The van der Waals surface area contributed by atoms with Crippen LogP contribution in [0.3, 0.4) is 0 Å². The van der Waals surface area contributed by atoms with Gasteiger partial charge in [-0.25, -0.2) is 4.68 Å². The standard InChI is InChI=1S/C16H20N6O2/c1-12-3-4-13(2)14(9-12)16(24)21-7-5-20(6-8-21)15(23)10-22-11-17-18-19-22/h3-4,9,11H,5-8,10H2,1-2H3. The van der Waals surface area contributed by atoms with Gasteiger partial charge in [0, 0.05) is 31.7 Å². The highest BCUT2D eigenvalue weighted by Crippen LogP contribution is 2.15. The quantitative estimate of drug-likeness (QED) is 0.808. The zero-order valence-electron chi connectivity index (χ0n) is 13.8. The van der Waals surface area contributed by atoms with Gasteiger partial charge in [-0.15, -0.1) is 5.10 Å². The van der Waals surface area contributed by atoms with E-state index in [1.165, 1.54) is 11.0 Å². The smallest absolute Gasteiger partial charge is 0.254 e. The Labute approximate surface area is 140 Å². The van der Waals surface area contributed by atoms with E-state index in [2.05, 4.69) is 15.5 Å². The van der Waals surface area contributed by atoms with Gasteiger partial charge in [0.25, 0.3) is 5.91 Å². The van der Waals surface area contributed by atoms with Crippen molar-refractivity contribution in [3.05, 3.63) is 41.2 Å². The Morgan fingerprint density at radius 2 is 1.79 bits per heavy atom. The minimum atomic E-state index is -0.0406. The van der Waals surface area contributed by atoms with Crippen molar-refractivity contribution in [1.29, 1.82) is 0 Å². The van der Waals surface area contributed by atoms with Crippen molar-refractivity contribution < 1.29 is 9.59 Å². The van der Waals surface area contributed by atoms with Crippen LogP contribution in [0.5, 0.6) is 0 Å². The monoisotopic (exact) mass is 328 g/mol. The maximum absolute atomic E-state index is 12.7. The molecule has 2 heterocycles. The van der Waals surface area contributed by atoms with Crippen LogP contribution in [0.2, 0.25) is 0 Å². The second kappa shape index (κ2) is 6.77. The fourth-order valence-corrected chi connectivity index (χ4v) is 2.79. The molecule has 8 nitrogen and oxygen atoms in total. The number of nitrogens with zero attached hydrogens (tertiary/aromatic N) is 6. The summed E-state index contributed by atoms with van der Waals surface area (Å²) in [6.45, 7) is 6.17. The number of rotatable bonds is 3. The zero-order chi connectivity index (χ0) is 17.1. The van der Waals surface area contributed by atoms with E-state index in [0.717, 1.165) is 16.7 Å². The molecule has 0 spiro atoms. The van der Waals surface area contributed by atoms with Crippen LogP contribution in [-0.2, 0) is 11.3 Å². The minimum Gasteiger partial charge on any atom is -0.338 e. The average molecular weight is 328 g/mol. The number of aryl methyl sites for hydroxylation is 2. The van der Waals surface area contributed by atoms with Gasteiger partial charge in [0.15, 0.2) is 0 Å². The van der Waals surface area contributed by atoms with Crippen molar-refractivity contribution in [3.63, 3.8) is 0 Å². The highest BCUT2D eigenvalue weighted by molar-refractivity contribution is 5.96. The van der Waals surface area contributed by atoms with Crippen LogP contribution in [-0.4, -0.2) is 68.0 Å². The molecule has 1 fully saturated rings. The summed E-state index contributed by atoms with van der Waals surface area (Å²) in [6.07, 6.45) is 1.41. The van der Waals surface area contributed by atoms with Crippen molar-refractivity contribution in [2.24, 2.45) is 0 Å². The lowest BCUT2D eigenvalue weighted by molar-refractivity contribution is -0.133. The van der Waals surface area contributed by atoms with Crippen LogP contribution in [0.1, 0.15) is 21.5 Å². The molecule has 0 atom stereocenters. The highest BCUT2D eigenvalue weighted by atomic mass is 16.2. The van der Waals surface area contributed by atoms with Gasteiger partial charge in [0.05, 0.1) is 0 Å². The lowest BCUT2D eigenvalue weighted by Gasteiger charge is -2.35. The molecule has 24 heavy (non-hydrogen) atoms. The van der Waals surface area contributed by atoms with E-state index in [9.17, 15) is 9.59 Å². The first kappa shape index (κ1) is 16.1. The molecule has 2 amide bonds. The van der Waals surface area contributed by atoms with E-state index in [0.29, 0.717) is 26.2 Å². The molecule has 8 heteroatoms. The summed E-state index contributed by atoms with van der Waals surface area (Å²) in [6, 6.07) is 5.89. The summed E-state index contributed by atoms with van der Waals surface area (Å²) in [5.41, 5.74) is 2.78. The third-order valence-electron chi connectivity index (χ3n) is 4.23. The van der Waals surface area contributed by atoms with Crippen LogP contribution in [0, 0.1) is 13.8 Å². The number of aromatic nitrogens is 4. The predicted molar refractivity (Wildman–Crippen MR) is 86.2 cm³/mol. The first-order valence-electron chi connectivity index (χ1n) is 7.89. The van der Waals surface area contributed by atoms with Gasteiger partial charge in [-0.1, -0.05) is 17.7 Å². The SMILES string of the molecule is Cc1ccc(C)c(C(=O)N2CCN(C(=O)Cn3cnnn3)CC2)c1. The molecule has 1 aromatic heterocycles. The molecule has 3 rings (SSSR count). The molecule has 1 aliphatic rings. The average Bonchev–Trinajstić information content (AvgIpc) is 3.09. The number of carbonyl (C=O) groups excluding carboxylic acids is 2. The van der Waals surface area contributed by atoms with E-state index < -0.39 is 0 Å². The summed E-state index contributed by atoms with van der Waals surface area (Å²) >= 11 is 0. The van der Waals surface area contributed by atoms with Gasteiger partial charge >= 0.3 is 0 Å². The molecule has 0 aliphatic carbocycles. The molecular weight excluding hydrogens is 308 g/mol. The molecule has 0 N–H and O–H groups in total. The second-order valence-corrected chi connectivity index (χ2v) is 6.00. The Balaban J connectivity index is 1.59. The number of amides is 2. The first-order chi connectivity index (χ1) is 11.5. The summed E-state index contributed by atoms with van der Waals surface area (Å²) in [5, 5.41) is 10.7. The van der Waals surface area contributed by atoms with Crippen LogP contribution in [0.4, 0.5) is 0 Å². The lowest BCUT2D eigenvalue weighted by atomic mass is 10.0. The van der Waals surface area contributed by atoms with Crippen LogP contribution < -0.4 is 0 Å². The Morgan fingerprint density at radius 3 is 2.46 bits per heavy atom. The number of piperazine rings is 1. The third kappa shape index (κ3) is 3.42. The molecule has 0 bridgehead atoms. The zero-order valence-corrected chi connectivity index (χ0v) is 13.8.